The molecule has 0 radical (unpaired) electrons. The summed E-state index contributed by atoms with van der Waals surface area (Å²) in [5.74, 6) is -0.158. The number of imidazole rings is 1. The molecule has 0 amide bonds. The summed E-state index contributed by atoms with van der Waals surface area (Å²) in [6, 6.07) is 0. The highest BCUT2D eigenvalue weighted by atomic mass is 19.1. The van der Waals surface area contributed by atoms with Gasteiger partial charge in [0.25, 0.3) is 0 Å². The minimum absolute atomic E-state index is 0.000708. The van der Waals surface area contributed by atoms with Crippen molar-refractivity contribution in [2.24, 2.45) is 0 Å². The van der Waals surface area contributed by atoms with Gasteiger partial charge in [-0.2, -0.15) is 14.4 Å². The summed E-state index contributed by atoms with van der Waals surface area (Å²) in [6.07, 6.45) is 0.211. The number of anilines is 1. The fourth-order valence-electron chi connectivity index (χ4n) is 3.28. The van der Waals surface area contributed by atoms with Crippen LogP contribution < -0.4 is 5.73 Å². The van der Waals surface area contributed by atoms with E-state index in [4.69, 9.17) is 10.5 Å². The molecular weight excluding hydrogens is 321 g/mol. The van der Waals surface area contributed by atoms with Crippen LogP contribution in [0.2, 0.25) is 0 Å². The maximum absolute atomic E-state index is 13.6. The third kappa shape index (κ3) is 1.73. The molecule has 1 saturated heterocycles. The van der Waals surface area contributed by atoms with Crippen LogP contribution in [0.5, 0.6) is 0 Å². The quantitative estimate of drug-likeness (QED) is 0.536. The average Bonchev–Trinajstić information content (AvgIpc) is 2.94. The molecule has 4 atom stereocenters. The van der Waals surface area contributed by atoms with E-state index in [1.807, 2.05) is 0 Å². The van der Waals surface area contributed by atoms with Crippen molar-refractivity contribution in [3.05, 3.63) is 12.4 Å². The van der Waals surface area contributed by atoms with E-state index in [1.165, 1.54) is 38.6 Å². The molecule has 3 heterocycles. The van der Waals surface area contributed by atoms with Gasteiger partial charge >= 0.3 is 6.08 Å². The lowest BCUT2D eigenvalue weighted by atomic mass is 9.73. The van der Waals surface area contributed by atoms with Gasteiger partial charge in [-0.1, -0.05) is 0 Å². The largest absolute Gasteiger partial charge is 0.393 e. The van der Waals surface area contributed by atoms with E-state index in [0.29, 0.717) is 0 Å². The molecule has 2 aromatic heterocycles. The van der Waals surface area contributed by atoms with Gasteiger partial charge in [-0.3, -0.25) is 4.57 Å². The van der Waals surface area contributed by atoms with Gasteiger partial charge in [-0.15, -0.1) is 0 Å². The van der Waals surface area contributed by atoms with Crippen molar-refractivity contribution in [2.75, 3.05) is 12.3 Å². The van der Waals surface area contributed by atoms with Crippen molar-refractivity contribution in [3.63, 3.8) is 0 Å². The maximum Gasteiger partial charge on any atom is 0.312 e. The number of rotatable bonds is 2. The highest BCUT2D eigenvalue weighted by Crippen LogP contribution is 2.54. The van der Waals surface area contributed by atoms with Crippen molar-refractivity contribution in [3.8, 4) is 0 Å². The van der Waals surface area contributed by atoms with Gasteiger partial charge < -0.3 is 25.8 Å². The molecule has 0 unspecified atom stereocenters. The van der Waals surface area contributed by atoms with Crippen molar-refractivity contribution in [1.29, 1.82) is 0 Å². The Labute approximate surface area is 136 Å². The van der Waals surface area contributed by atoms with Crippen molar-refractivity contribution in [2.45, 2.75) is 50.2 Å². The van der Waals surface area contributed by atoms with Crippen molar-refractivity contribution < 1.29 is 24.4 Å². The molecule has 0 bridgehead atoms. The standard InChI is InChI=1S/C14H20FN5O4/c1-11(5-21)12(2,22)13(3,23)14(4,24-11)20-6-17-7-8(16)18-10(15)19-9(7)20/h6,21-23H,5H2,1-4H3,(H2,16,18,19)/t11-,12-,13+,14-/m1/s1. The Morgan fingerprint density at radius 3 is 2.38 bits per heavy atom. The van der Waals surface area contributed by atoms with E-state index >= 15 is 0 Å². The first-order chi connectivity index (χ1) is 10.9. The van der Waals surface area contributed by atoms with Crippen molar-refractivity contribution in [1.82, 2.24) is 19.5 Å². The molecule has 0 aromatic carbocycles. The molecule has 3 rings (SSSR count). The summed E-state index contributed by atoms with van der Waals surface area (Å²) in [5, 5.41) is 31.6. The zero-order chi connectivity index (χ0) is 18.1. The Hall–Kier alpha value is -1.88. The number of ether oxygens (including phenoxy) is 1. The lowest BCUT2D eigenvalue weighted by Gasteiger charge is -2.42. The second-order valence-corrected chi connectivity index (χ2v) is 6.78. The number of halogens is 1. The van der Waals surface area contributed by atoms with Crippen LogP contribution in [-0.2, 0) is 10.5 Å². The molecule has 0 aliphatic carbocycles. The molecule has 132 valence electrons. The Kier molecular flexibility index (Phi) is 3.25. The molecular formula is C14H20FN5O4. The Bertz CT molecular complexity index is 823. The Morgan fingerprint density at radius 2 is 1.83 bits per heavy atom. The second-order valence-electron chi connectivity index (χ2n) is 6.78. The zero-order valence-electron chi connectivity index (χ0n) is 13.8. The normalized spacial score (nSPS) is 39.7. The van der Waals surface area contributed by atoms with Gasteiger partial charge in [0.05, 0.1) is 12.9 Å². The molecule has 2 aromatic rings. The van der Waals surface area contributed by atoms with Crippen LogP contribution in [0.4, 0.5) is 10.2 Å². The molecule has 10 heteroatoms. The Balaban J connectivity index is 2.30. The van der Waals surface area contributed by atoms with Crippen LogP contribution in [0, 0.1) is 6.08 Å². The number of nitrogens with two attached hydrogens (primary N) is 1. The third-order valence-corrected chi connectivity index (χ3v) is 5.46. The molecule has 0 spiro atoms. The summed E-state index contributed by atoms with van der Waals surface area (Å²) in [6.45, 7) is 5.12. The number of aromatic nitrogens is 4. The first kappa shape index (κ1) is 17.0. The highest BCUT2D eigenvalue weighted by molar-refractivity contribution is 5.81. The third-order valence-electron chi connectivity index (χ3n) is 5.46. The number of nitrogen functional groups attached to an aromatic ring is 1. The van der Waals surface area contributed by atoms with E-state index < -0.39 is 35.2 Å². The van der Waals surface area contributed by atoms with Gasteiger partial charge in [-0.25, -0.2) is 4.98 Å². The van der Waals surface area contributed by atoms with E-state index in [1.54, 1.807) is 0 Å². The van der Waals surface area contributed by atoms with Gasteiger partial charge in [0.15, 0.2) is 22.7 Å². The van der Waals surface area contributed by atoms with Crippen LogP contribution >= 0.6 is 0 Å². The molecule has 24 heavy (non-hydrogen) atoms. The second kappa shape index (κ2) is 4.60. The predicted octanol–water partition coefficient (Wildman–Crippen LogP) is -0.497. The molecule has 0 saturated carbocycles. The summed E-state index contributed by atoms with van der Waals surface area (Å²) < 4.78 is 20.8. The molecule has 5 N–H and O–H groups in total. The number of aliphatic hydroxyl groups is 3. The van der Waals surface area contributed by atoms with E-state index in [0.717, 1.165) is 0 Å². The topological polar surface area (TPSA) is 140 Å². The number of fused-ring (bicyclic) bond motifs is 1. The fourth-order valence-corrected chi connectivity index (χ4v) is 3.28. The fraction of sp³-hybridized carbons (Fsp3) is 0.643. The van der Waals surface area contributed by atoms with Gasteiger partial charge in [0, 0.05) is 0 Å². The van der Waals surface area contributed by atoms with E-state index in [9.17, 15) is 19.7 Å². The number of hydrogen-bond acceptors (Lipinski definition) is 8. The summed E-state index contributed by atoms with van der Waals surface area (Å²) >= 11 is 0. The monoisotopic (exact) mass is 341 g/mol. The SMILES string of the molecule is C[C@]1(O)[C@](C)(O)[C@](C)(n2cnc3c(N)nc(F)nc32)O[C@]1(C)CO. The predicted molar refractivity (Wildman–Crippen MR) is 81.2 cm³/mol. The summed E-state index contributed by atoms with van der Waals surface area (Å²) in [7, 11) is 0. The zero-order valence-corrected chi connectivity index (χ0v) is 13.8. The average molecular weight is 341 g/mol. The number of aliphatic hydroxyl groups excluding tert-OH is 1. The van der Waals surface area contributed by atoms with Crippen LogP contribution in [0.1, 0.15) is 27.7 Å². The molecule has 1 aliphatic rings. The van der Waals surface area contributed by atoms with E-state index in [-0.39, 0.29) is 17.0 Å². The molecule has 1 aliphatic heterocycles. The molecule has 9 nitrogen and oxygen atoms in total. The summed E-state index contributed by atoms with van der Waals surface area (Å²) in [5.41, 5.74) is -1.04. The lowest BCUT2D eigenvalue weighted by molar-refractivity contribution is -0.192. The van der Waals surface area contributed by atoms with Crippen LogP contribution in [0.3, 0.4) is 0 Å². The maximum atomic E-state index is 13.6. The summed E-state index contributed by atoms with van der Waals surface area (Å²) in [4.78, 5) is 11.1. The first-order valence-electron chi connectivity index (χ1n) is 7.33. The van der Waals surface area contributed by atoms with Crippen molar-refractivity contribution >= 4 is 17.0 Å². The Morgan fingerprint density at radius 1 is 1.21 bits per heavy atom. The smallest absolute Gasteiger partial charge is 0.312 e. The minimum atomic E-state index is -1.89. The minimum Gasteiger partial charge on any atom is -0.393 e. The number of nitrogens with zero attached hydrogens (tertiary/aromatic N) is 4. The molecule has 1 fully saturated rings. The van der Waals surface area contributed by atoms with Gasteiger partial charge in [-0.05, 0) is 27.7 Å². The highest BCUT2D eigenvalue weighted by Gasteiger charge is 2.72. The van der Waals surface area contributed by atoms with Crippen LogP contribution in [-0.4, -0.2) is 58.2 Å². The van der Waals surface area contributed by atoms with Gasteiger partial charge in [0.2, 0.25) is 0 Å². The van der Waals surface area contributed by atoms with E-state index in [2.05, 4.69) is 15.0 Å². The van der Waals surface area contributed by atoms with Crippen LogP contribution in [0.15, 0.2) is 6.33 Å². The first-order valence-corrected chi connectivity index (χ1v) is 7.33. The number of hydrogen-bond donors (Lipinski definition) is 4. The van der Waals surface area contributed by atoms with Gasteiger partial charge in [0.1, 0.15) is 16.8 Å². The lowest BCUT2D eigenvalue weighted by Crippen LogP contribution is -2.63. The van der Waals surface area contributed by atoms with Crippen LogP contribution in [0.25, 0.3) is 11.2 Å².